The van der Waals surface area contributed by atoms with Gasteiger partial charge in [0.15, 0.2) is 11.5 Å². The van der Waals surface area contributed by atoms with Crippen LogP contribution in [0.4, 0.5) is 25.1 Å². The van der Waals surface area contributed by atoms with E-state index >= 15 is 0 Å². The van der Waals surface area contributed by atoms with Crippen molar-refractivity contribution in [2.75, 3.05) is 10.6 Å². The van der Waals surface area contributed by atoms with Gasteiger partial charge in [-0.25, -0.2) is 13.2 Å². The molecule has 0 unspecified atom stereocenters. The van der Waals surface area contributed by atoms with E-state index in [9.17, 15) is 13.2 Å². The Kier molecular flexibility index (Phi) is 5.49. The zero-order valence-electron chi connectivity index (χ0n) is 16.4. The van der Waals surface area contributed by atoms with Crippen LogP contribution < -0.4 is 10.6 Å². The van der Waals surface area contributed by atoms with Crippen molar-refractivity contribution >= 4 is 11.9 Å². The first-order valence-corrected chi connectivity index (χ1v) is 9.47. The van der Waals surface area contributed by atoms with Gasteiger partial charge in [0.25, 0.3) is 5.92 Å². The second kappa shape index (κ2) is 7.56. The number of aryl methyl sites for hydroxylation is 1. The molecule has 0 aliphatic heterocycles. The molecule has 0 bridgehead atoms. The van der Waals surface area contributed by atoms with Crippen molar-refractivity contribution in [1.29, 1.82) is 0 Å². The monoisotopic (exact) mass is 402 g/mol. The van der Waals surface area contributed by atoms with Crippen molar-refractivity contribution < 1.29 is 20.5 Å². The molecular weight excluding hydrogens is 373 g/mol. The molecule has 2 heterocycles. The summed E-state index contributed by atoms with van der Waals surface area (Å²) in [7, 11) is 0. The molecule has 2 aliphatic rings. The topological polar surface area (TPSA) is 88.8 Å². The summed E-state index contributed by atoms with van der Waals surface area (Å²) >= 11 is 0. The van der Waals surface area contributed by atoms with Crippen molar-refractivity contribution in [1.82, 2.24) is 20.1 Å². The Morgan fingerprint density at radius 1 is 1.00 bits per heavy atom. The summed E-state index contributed by atoms with van der Waals surface area (Å²) in [5, 5.41) is 9.85. The van der Waals surface area contributed by atoms with E-state index in [1.807, 2.05) is 13.8 Å². The highest BCUT2D eigenvalue weighted by Crippen LogP contribution is 2.39. The summed E-state index contributed by atoms with van der Waals surface area (Å²) in [6.07, 6.45) is 0.189. The fraction of sp³-hybridized carbons (Fsp3) is 0.667. The van der Waals surface area contributed by atoms with E-state index in [4.69, 9.17) is 4.52 Å². The van der Waals surface area contributed by atoms with Crippen LogP contribution in [0.15, 0.2) is 10.6 Å². The summed E-state index contributed by atoms with van der Waals surface area (Å²) in [4.78, 5) is 12.8. The molecule has 2 N–H and O–H groups in total. The van der Waals surface area contributed by atoms with Crippen molar-refractivity contribution in [3.05, 3.63) is 11.8 Å². The van der Waals surface area contributed by atoms with Crippen LogP contribution in [0.25, 0.3) is 11.5 Å². The van der Waals surface area contributed by atoms with E-state index in [1.54, 1.807) is 19.9 Å². The normalized spacial score (nSPS) is 25.8. The quantitative estimate of drug-likeness (QED) is 0.738. The molecule has 10 heteroatoms. The second-order valence-corrected chi connectivity index (χ2v) is 7.40. The van der Waals surface area contributed by atoms with Gasteiger partial charge in [0, 0.05) is 46.7 Å². The number of hydrogen-bond donors (Lipinski definition) is 2. The van der Waals surface area contributed by atoms with Gasteiger partial charge < -0.3 is 15.2 Å². The molecule has 28 heavy (non-hydrogen) atoms. The Morgan fingerprint density at radius 3 is 1.96 bits per heavy atom. The van der Waals surface area contributed by atoms with Crippen LogP contribution in [0.5, 0.6) is 0 Å². The fourth-order valence-corrected chi connectivity index (χ4v) is 3.29. The number of hydrogen-bond acceptors (Lipinski definition) is 7. The lowest BCUT2D eigenvalue weighted by Gasteiger charge is -2.39. The van der Waals surface area contributed by atoms with Crippen LogP contribution >= 0.6 is 0 Å². The third kappa shape index (κ3) is 4.71. The first kappa shape index (κ1) is 20.3. The molecule has 2 aromatic rings. The van der Waals surface area contributed by atoms with Crippen LogP contribution in [0, 0.1) is 6.92 Å². The standard InChI is InChI=1S/C16H19F3N6O.C2H6.2H2/c1-8-3-11(25-26-8)12-22-13(20-9-4-15(2,17)5-9)24-14(23-12)21-10-6-16(18,19)7-10;1-2;;/h3,9-10H,4-7H2,1-2H3,(H2,20,21,22,23,24);1-2H3;2*1H. The Balaban J connectivity index is 0.00000109. The number of alkyl halides is 3. The number of halogens is 3. The lowest BCUT2D eigenvalue weighted by molar-refractivity contribution is -0.0794. The molecule has 0 spiro atoms. The summed E-state index contributed by atoms with van der Waals surface area (Å²) in [5.74, 6) is -1.36. The fourth-order valence-electron chi connectivity index (χ4n) is 3.29. The van der Waals surface area contributed by atoms with E-state index in [2.05, 4.69) is 30.7 Å². The average molecular weight is 402 g/mol. The van der Waals surface area contributed by atoms with Gasteiger partial charge in [0.05, 0.1) is 0 Å². The van der Waals surface area contributed by atoms with E-state index in [0.717, 1.165) is 0 Å². The summed E-state index contributed by atoms with van der Waals surface area (Å²) in [5.41, 5.74) is -0.770. The molecule has 2 fully saturated rings. The van der Waals surface area contributed by atoms with Gasteiger partial charge in [-0.3, -0.25) is 0 Å². The van der Waals surface area contributed by atoms with Crippen molar-refractivity contribution in [3.8, 4) is 11.5 Å². The zero-order chi connectivity index (χ0) is 20.5. The minimum atomic E-state index is -2.64. The minimum Gasteiger partial charge on any atom is -0.361 e. The first-order valence-electron chi connectivity index (χ1n) is 9.47. The van der Waals surface area contributed by atoms with E-state index in [0.29, 0.717) is 24.3 Å². The molecule has 0 amide bonds. The first-order chi connectivity index (χ1) is 13.2. The molecule has 0 saturated heterocycles. The average Bonchev–Trinajstić information content (AvgIpc) is 3.00. The van der Waals surface area contributed by atoms with Crippen LogP contribution in [0.3, 0.4) is 0 Å². The number of anilines is 2. The summed E-state index contributed by atoms with van der Waals surface area (Å²) in [6.45, 7) is 7.29. The molecule has 2 aliphatic carbocycles. The number of rotatable bonds is 5. The zero-order valence-corrected chi connectivity index (χ0v) is 16.4. The molecule has 2 aromatic heterocycles. The molecule has 158 valence electrons. The minimum absolute atomic E-state index is 0. The lowest BCUT2D eigenvalue weighted by atomic mass is 9.79. The maximum Gasteiger partial charge on any atom is 0.252 e. The number of nitrogens with zero attached hydrogens (tertiary/aromatic N) is 4. The lowest BCUT2D eigenvalue weighted by Crippen LogP contribution is -2.46. The van der Waals surface area contributed by atoms with Gasteiger partial charge >= 0.3 is 0 Å². The highest BCUT2D eigenvalue weighted by molar-refractivity contribution is 5.53. The van der Waals surface area contributed by atoms with Gasteiger partial charge in [-0.1, -0.05) is 19.0 Å². The van der Waals surface area contributed by atoms with E-state index in [-0.39, 0.29) is 39.5 Å². The molecule has 2 saturated carbocycles. The largest absolute Gasteiger partial charge is 0.361 e. The van der Waals surface area contributed by atoms with Gasteiger partial charge in [0.2, 0.25) is 11.9 Å². The molecule has 0 atom stereocenters. The SMILES string of the molecule is CC.Cc1cc(-c2nc(NC3CC(C)(F)C3)nc(NC3CC(F)(F)C3)n2)no1.[HH].[HH]. The van der Waals surface area contributed by atoms with E-state index < -0.39 is 17.6 Å². The molecule has 0 radical (unpaired) electrons. The predicted octanol–water partition coefficient (Wildman–Crippen LogP) is 4.87. The van der Waals surface area contributed by atoms with Crippen LogP contribution in [-0.2, 0) is 0 Å². The van der Waals surface area contributed by atoms with Crippen LogP contribution in [-0.4, -0.2) is 43.8 Å². The highest BCUT2D eigenvalue weighted by atomic mass is 19.3. The van der Waals surface area contributed by atoms with Gasteiger partial charge in [-0.05, 0) is 13.8 Å². The van der Waals surface area contributed by atoms with Crippen LogP contribution in [0.2, 0.25) is 0 Å². The Morgan fingerprint density at radius 2 is 1.54 bits per heavy atom. The molecule has 0 aromatic carbocycles. The third-order valence-corrected chi connectivity index (χ3v) is 4.59. The van der Waals surface area contributed by atoms with Crippen molar-refractivity contribution in [2.45, 2.75) is 77.1 Å². The third-order valence-electron chi connectivity index (χ3n) is 4.59. The summed E-state index contributed by atoms with van der Waals surface area (Å²) < 4.78 is 44.8. The maximum atomic E-state index is 13.7. The Hall–Kier alpha value is -2.39. The second-order valence-electron chi connectivity index (χ2n) is 7.40. The van der Waals surface area contributed by atoms with Gasteiger partial charge in [0.1, 0.15) is 11.4 Å². The Labute approximate surface area is 164 Å². The smallest absolute Gasteiger partial charge is 0.252 e. The Bertz CT molecular complexity index is 776. The van der Waals surface area contributed by atoms with Crippen molar-refractivity contribution in [3.63, 3.8) is 0 Å². The van der Waals surface area contributed by atoms with Gasteiger partial charge in [-0.2, -0.15) is 15.0 Å². The molecular formula is C18H29F3N6O. The predicted molar refractivity (Wildman–Crippen MR) is 103 cm³/mol. The van der Waals surface area contributed by atoms with E-state index in [1.165, 1.54) is 0 Å². The molecule has 4 rings (SSSR count). The van der Waals surface area contributed by atoms with Gasteiger partial charge in [-0.15, -0.1) is 0 Å². The number of aromatic nitrogens is 4. The maximum absolute atomic E-state index is 13.7. The molecule has 7 nitrogen and oxygen atoms in total. The highest BCUT2D eigenvalue weighted by Gasteiger charge is 2.45. The van der Waals surface area contributed by atoms with Crippen LogP contribution in [0.1, 0.15) is 55.1 Å². The number of nitrogens with one attached hydrogen (secondary N) is 2. The van der Waals surface area contributed by atoms with Crippen molar-refractivity contribution in [2.24, 2.45) is 0 Å². The summed E-state index contributed by atoms with van der Waals surface area (Å²) in [6, 6.07) is 1.19.